The molecule has 0 saturated carbocycles. The minimum Gasteiger partial charge on any atom is -0.349 e. The summed E-state index contributed by atoms with van der Waals surface area (Å²) in [5, 5.41) is 3.94. The van der Waals surface area contributed by atoms with Crippen molar-refractivity contribution in [3.05, 3.63) is 46.2 Å². The zero-order chi connectivity index (χ0) is 15.5. The highest BCUT2D eigenvalue weighted by Gasteiger charge is 2.10. The first kappa shape index (κ1) is 14.7. The molecule has 0 aliphatic heterocycles. The molecule has 6 heteroatoms. The molecule has 0 aliphatic rings. The summed E-state index contributed by atoms with van der Waals surface area (Å²) >= 11 is 1.45. The number of para-hydroxylation sites is 2. The van der Waals surface area contributed by atoms with Crippen LogP contribution in [0.4, 0.5) is 0 Å². The van der Waals surface area contributed by atoms with Crippen molar-refractivity contribution in [1.82, 2.24) is 19.9 Å². The molecule has 0 bridgehead atoms. The highest BCUT2D eigenvalue weighted by atomic mass is 32.1. The third-order valence-corrected chi connectivity index (χ3v) is 4.69. The maximum atomic E-state index is 12.1. The maximum Gasteiger partial charge on any atom is 0.263 e. The number of hydrogen-bond acceptors (Lipinski definition) is 4. The van der Waals surface area contributed by atoms with E-state index in [2.05, 4.69) is 19.9 Å². The van der Waals surface area contributed by atoms with E-state index in [1.165, 1.54) is 11.3 Å². The van der Waals surface area contributed by atoms with E-state index in [0.29, 0.717) is 18.0 Å². The number of thiazole rings is 1. The topological polar surface area (TPSA) is 59.8 Å². The fourth-order valence-electron chi connectivity index (χ4n) is 2.43. The number of rotatable bonds is 5. The lowest BCUT2D eigenvalue weighted by atomic mass is 10.3. The monoisotopic (exact) mass is 314 g/mol. The second kappa shape index (κ2) is 6.27. The number of nitrogens with zero attached hydrogens (tertiary/aromatic N) is 3. The van der Waals surface area contributed by atoms with E-state index in [-0.39, 0.29) is 5.91 Å². The smallest absolute Gasteiger partial charge is 0.263 e. The van der Waals surface area contributed by atoms with Gasteiger partial charge < -0.3 is 9.88 Å². The summed E-state index contributed by atoms with van der Waals surface area (Å²) in [6.45, 7) is 5.29. The Hall–Kier alpha value is -2.21. The minimum atomic E-state index is -0.0562. The highest BCUT2D eigenvalue weighted by molar-refractivity contribution is 7.13. The fraction of sp³-hybridized carbons (Fsp3) is 0.312. The van der Waals surface area contributed by atoms with Crippen molar-refractivity contribution >= 4 is 28.3 Å². The first-order chi connectivity index (χ1) is 10.7. The Balaban J connectivity index is 1.65. The van der Waals surface area contributed by atoms with Gasteiger partial charge in [0.2, 0.25) is 0 Å². The molecule has 2 heterocycles. The Morgan fingerprint density at radius 1 is 1.36 bits per heavy atom. The standard InChI is InChI=1S/C16H18N4OS/c1-3-15-18-10-14(22-15)16(21)17-8-9-20-11(2)19-12-6-4-5-7-13(12)20/h4-7,10H,3,8-9H2,1-2H3,(H,17,21). The number of imidazole rings is 1. The molecule has 114 valence electrons. The first-order valence-corrected chi connectivity index (χ1v) is 8.15. The first-order valence-electron chi connectivity index (χ1n) is 7.34. The number of carbonyl (C=O) groups excluding carboxylic acids is 1. The number of benzene rings is 1. The number of aryl methyl sites for hydroxylation is 2. The number of carbonyl (C=O) groups is 1. The second-order valence-corrected chi connectivity index (χ2v) is 6.14. The molecule has 1 N–H and O–H groups in total. The third kappa shape index (κ3) is 2.87. The third-order valence-electron chi connectivity index (χ3n) is 3.55. The van der Waals surface area contributed by atoms with Gasteiger partial charge in [-0.2, -0.15) is 0 Å². The molecule has 2 aromatic heterocycles. The van der Waals surface area contributed by atoms with Gasteiger partial charge >= 0.3 is 0 Å². The van der Waals surface area contributed by atoms with Gasteiger partial charge in [0.25, 0.3) is 5.91 Å². The Morgan fingerprint density at radius 2 is 2.18 bits per heavy atom. The van der Waals surface area contributed by atoms with E-state index in [1.807, 2.05) is 38.1 Å². The van der Waals surface area contributed by atoms with E-state index in [9.17, 15) is 4.79 Å². The molecule has 0 radical (unpaired) electrons. The van der Waals surface area contributed by atoms with Gasteiger partial charge in [0, 0.05) is 13.1 Å². The molecular formula is C16H18N4OS. The lowest BCUT2D eigenvalue weighted by Crippen LogP contribution is -2.26. The molecule has 0 atom stereocenters. The fourth-order valence-corrected chi connectivity index (χ4v) is 3.20. The van der Waals surface area contributed by atoms with Gasteiger partial charge in [-0.15, -0.1) is 11.3 Å². The maximum absolute atomic E-state index is 12.1. The van der Waals surface area contributed by atoms with Crippen molar-refractivity contribution < 1.29 is 4.79 Å². The van der Waals surface area contributed by atoms with Crippen molar-refractivity contribution in [1.29, 1.82) is 0 Å². The number of aromatic nitrogens is 3. The molecule has 0 fully saturated rings. The second-order valence-electron chi connectivity index (χ2n) is 5.03. The number of nitrogens with one attached hydrogen (secondary N) is 1. The van der Waals surface area contributed by atoms with Crippen molar-refractivity contribution in [3.8, 4) is 0 Å². The quantitative estimate of drug-likeness (QED) is 0.788. The molecule has 5 nitrogen and oxygen atoms in total. The lowest BCUT2D eigenvalue weighted by molar-refractivity contribution is 0.0956. The summed E-state index contributed by atoms with van der Waals surface area (Å²) in [7, 11) is 0. The molecule has 0 unspecified atom stereocenters. The van der Waals surface area contributed by atoms with E-state index in [4.69, 9.17) is 0 Å². The van der Waals surface area contributed by atoms with Gasteiger partial charge in [0.1, 0.15) is 10.7 Å². The number of hydrogen-bond donors (Lipinski definition) is 1. The summed E-state index contributed by atoms with van der Waals surface area (Å²) in [5.74, 6) is 0.904. The SMILES string of the molecule is CCc1ncc(C(=O)NCCn2c(C)nc3ccccc32)s1. The van der Waals surface area contributed by atoms with Crippen LogP contribution in [0.15, 0.2) is 30.5 Å². The zero-order valence-corrected chi connectivity index (χ0v) is 13.5. The van der Waals surface area contributed by atoms with Gasteiger partial charge in [-0.25, -0.2) is 9.97 Å². The normalized spacial score (nSPS) is 11.0. The van der Waals surface area contributed by atoms with Crippen LogP contribution < -0.4 is 5.32 Å². The predicted octanol–water partition coefficient (Wildman–Crippen LogP) is 2.79. The predicted molar refractivity (Wildman–Crippen MR) is 88.3 cm³/mol. The van der Waals surface area contributed by atoms with Gasteiger partial charge in [0.15, 0.2) is 0 Å². The van der Waals surface area contributed by atoms with Crippen molar-refractivity contribution in [2.45, 2.75) is 26.8 Å². The van der Waals surface area contributed by atoms with Crippen LogP contribution >= 0.6 is 11.3 Å². The minimum absolute atomic E-state index is 0.0562. The Labute approximate surface area is 133 Å². The van der Waals surface area contributed by atoms with Crippen molar-refractivity contribution in [2.24, 2.45) is 0 Å². The van der Waals surface area contributed by atoms with E-state index >= 15 is 0 Å². The molecule has 3 rings (SSSR count). The van der Waals surface area contributed by atoms with Crippen LogP contribution in [0.3, 0.4) is 0 Å². The summed E-state index contributed by atoms with van der Waals surface area (Å²) in [6, 6.07) is 8.03. The average Bonchev–Trinajstić information content (AvgIpc) is 3.12. The number of amides is 1. The van der Waals surface area contributed by atoms with Crippen molar-refractivity contribution in [2.75, 3.05) is 6.54 Å². The summed E-state index contributed by atoms with van der Waals surface area (Å²) in [6.07, 6.45) is 2.51. The van der Waals surface area contributed by atoms with Crippen molar-refractivity contribution in [3.63, 3.8) is 0 Å². The molecule has 1 amide bonds. The van der Waals surface area contributed by atoms with Crippen LogP contribution in [0, 0.1) is 6.92 Å². The largest absolute Gasteiger partial charge is 0.349 e. The van der Waals surface area contributed by atoms with E-state index in [1.54, 1.807) is 6.20 Å². The molecule has 22 heavy (non-hydrogen) atoms. The zero-order valence-electron chi connectivity index (χ0n) is 12.7. The Morgan fingerprint density at radius 3 is 2.95 bits per heavy atom. The number of fused-ring (bicyclic) bond motifs is 1. The lowest BCUT2D eigenvalue weighted by Gasteiger charge is -2.07. The molecule has 1 aromatic carbocycles. The van der Waals surface area contributed by atoms with Crippen LogP contribution in [0.25, 0.3) is 11.0 Å². The summed E-state index contributed by atoms with van der Waals surface area (Å²) in [5.41, 5.74) is 2.08. The molecule has 3 aromatic rings. The van der Waals surface area contributed by atoms with Gasteiger partial charge in [-0.05, 0) is 25.5 Å². The summed E-state index contributed by atoms with van der Waals surface area (Å²) in [4.78, 5) is 21.5. The molecule has 0 saturated heterocycles. The van der Waals surface area contributed by atoms with Crippen LogP contribution in [0.1, 0.15) is 27.4 Å². The van der Waals surface area contributed by atoms with Gasteiger partial charge in [0.05, 0.1) is 22.2 Å². The molecule has 0 spiro atoms. The Kier molecular flexibility index (Phi) is 4.20. The van der Waals surface area contributed by atoms with Crippen LogP contribution in [0.5, 0.6) is 0 Å². The van der Waals surface area contributed by atoms with Gasteiger partial charge in [-0.3, -0.25) is 4.79 Å². The highest BCUT2D eigenvalue weighted by Crippen LogP contribution is 2.15. The van der Waals surface area contributed by atoms with Crippen LogP contribution in [0.2, 0.25) is 0 Å². The van der Waals surface area contributed by atoms with E-state index in [0.717, 1.165) is 28.3 Å². The average molecular weight is 314 g/mol. The van der Waals surface area contributed by atoms with E-state index < -0.39 is 0 Å². The molecule has 0 aliphatic carbocycles. The Bertz CT molecular complexity index is 805. The van der Waals surface area contributed by atoms with Crippen LogP contribution in [-0.2, 0) is 13.0 Å². The van der Waals surface area contributed by atoms with Crippen LogP contribution in [-0.4, -0.2) is 27.0 Å². The molecular weight excluding hydrogens is 296 g/mol. The summed E-state index contributed by atoms with van der Waals surface area (Å²) < 4.78 is 2.12. The van der Waals surface area contributed by atoms with Gasteiger partial charge in [-0.1, -0.05) is 19.1 Å².